The number of nitrogens with zero attached hydrogens (tertiary/aromatic N) is 3. The number of amides is 1. The first-order valence-electron chi connectivity index (χ1n) is 13.6. The fraction of sp³-hybridized carbons (Fsp3) is 0.517. The van der Waals surface area contributed by atoms with Crippen molar-refractivity contribution in [1.29, 1.82) is 5.26 Å². The number of halogens is 4. The number of hydrogen-bond acceptors (Lipinski definition) is 6. The van der Waals surface area contributed by atoms with Crippen LogP contribution in [-0.4, -0.2) is 42.1 Å². The summed E-state index contributed by atoms with van der Waals surface area (Å²) in [6.45, 7) is 1.67. The van der Waals surface area contributed by atoms with Crippen molar-refractivity contribution < 1.29 is 27.2 Å². The predicted octanol–water partition coefficient (Wildman–Crippen LogP) is 5.87. The molecule has 0 bridgehead atoms. The fourth-order valence-corrected chi connectivity index (χ4v) is 6.58. The van der Waals surface area contributed by atoms with Crippen LogP contribution in [0.2, 0.25) is 0 Å². The van der Waals surface area contributed by atoms with Crippen molar-refractivity contribution in [2.75, 3.05) is 20.1 Å². The smallest absolute Gasteiger partial charge is 0.417 e. The highest BCUT2D eigenvalue weighted by Gasteiger charge is 2.47. The second-order valence-electron chi connectivity index (χ2n) is 11.1. The van der Waals surface area contributed by atoms with Gasteiger partial charge in [-0.1, -0.05) is 25.0 Å². The van der Waals surface area contributed by atoms with Gasteiger partial charge in [0, 0.05) is 25.2 Å². The summed E-state index contributed by atoms with van der Waals surface area (Å²) >= 11 is 0. The van der Waals surface area contributed by atoms with E-state index in [4.69, 9.17) is 10.1 Å². The summed E-state index contributed by atoms with van der Waals surface area (Å²) in [5.74, 6) is -1.93. The molecule has 2 aromatic carbocycles. The standard InChI is InChI=1S/C29H31F4N4O3/c1-36-12-10-20(11-13-36)40-35-28(38)23-9-8-18(15-25(23)30)27-22-5-3-2-4-21(22)26(37(27)39)17-6-7-19(16-34)24(14-17)29(31,32)33/h6-9,14-15,20-22,26-27H,2-5,10-13H2,1H3,(H,35,38)/q-1. The SMILES string of the molecule is CN1CCC(ONC(=O)c2ccc(C3C4CCCCC4C(c4ccc(C#N)c(C(F)(F)F)c4)N3[O-])cc2F)CC1. The summed E-state index contributed by atoms with van der Waals surface area (Å²) in [5.41, 5.74) is 1.13. The molecule has 1 amide bonds. The van der Waals surface area contributed by atoms with Crippen LogP contribution in [0.1, 0.15) is 83.2 Å². The number of rotatable bonds is 5. The second-order valence-corrected chi connectivity index (χ2v) is 11.1. The zero-order chi connectivity index (χ0) is 28.6. The summed E-state index contributed by atoms with van der Waals surface area (Å²) in [6.07, 6.45) is -0.378. The Morgan fingerprint density at radius 3 is 2.20 bits per heavy atom. The van der Waals surface area contributed by atoms with E-state index in [2.05, 4.69) is 10.4 Å². The van der Waals surface area contributed by atoms with E-state index >= 15 is 4.39 Å². The minimum Gasteiger partial charge on any atom is -0.784 e. The van der Waals surface area contributed by atoms with E-state index < -0.39 is 41.1 Å². The normalized spacial score (nSPS) is 26.3. The van der Waals surface area contributed by atoms with Gasteiger partial charge in [0.1, 0.15) is 5.82 Å². The number of benzene rings is 2. The van der Waals surface area contributed by atoms with Gasteiger partial charge in [-0.25, -0.2) is 9.87 Å². The third kappa shape index (κ3) is 5.59. The number of hydrogen-bond donors (Lipinski definition) is 1. The number of hydroxylamine groups is 3. The van der Waals surface area contributed by atoms with Crippen LogP contribution in [-0.2, 0) is 11.0 Å². The Labute approximate surface area is 230 Å². The maximum Gasteiger partial charge on any atom is 0.417 e. The number of nitriles is 1. The fourth-order valence-electron chi connectivity index (χ4n) is 6.58. The first kappa shape index (κ1) is 28.5. The van der Waals surface area contributed by atoms with Gasteiger partial charge in [0.2, 0.25) is 0 Å². The van der Waals surface area contributed by atoms with Gasteiger partial charge < -0.3 is 15.2 Å². The Bertz CT molecular complexity index is 1290. The number of piperidine rings is 1. The molecule has 40 heavy (non-hydrogen) atoms. The van der Waals surface area contributed by atoms with Crippen LogP contribution in [0, 0.1) is 34.2 Å². The zero-order valence-electron chi connectivity index (χ0n) is 22.1. The lowest BCUT2D eigenvalue weighted by atomic mass is 9.73. The van der Waals surface area contributed by atoms with Crippen LogP contribution >= 0.6 is 0 Å². The van der Waals surface area contributed by atoms with Crippen LogP contribution in [0.15, 0.2) is 36.4 Å². The van der Waals surface area contributed by atoms with Gasteiger partial charge in [-0.15, -0.1) is 0 Å². The van der Waals surface area contributed by atoms with Crippen molar-refractivity contribution in [1.82, 2.24) is 15.4 Å². The van der Waals surface area contributed by atoms with E-state index in [9.17, 15) is 23.2 Å². The number of fused-ring (bicyclic) bond motifs is 1. The number of carbonyl (C=O) groups is 1. The number of nitrogens with one attached hydrogen (secondary N) is 1. The molecule has 0 aromatic heterocycles. The molecular formula is C29H31F4N4O3-. The van der Waals surface area contributed by atoms with Crippen LogP contribution in [0.5, 0.6) is 0 Å². The van der Waals surface area contributed by atoms with Crippen LogP contribution in [0.4, 0.5) is 17.6 Å². The predicted molar refractivity (Wildman–Crippen MR) is 138 cm³/mol. The molecule has 0 radical (unpaired) electrons. The Hall–Kier alpha value is -3.04. The van der Waals surface area contributed by atoms with Gasteiger partial charge >= 0.3 is 6.18 Å². The van der Waals surface area contributed by atoms with Gasteiger partial charge in [-0.2, -0.15) is 18.4 Å². The molecule has 1 saturated carbocycles. The zero-order valence-corrected chi connectivity index (χ0v) is 22.1. The highest BCUT2D eigenvalue weighted by Crippen LogP contribution is 2.57. The molecule has 1 aliphatic carbocycles. The molecule has 3 aliphatic rings. The highest BCUT2D eigenvalue weighted by atomic mass is 19.4. The van der Waals surface area contributed by atoms with Gasteiger partial charge in [-0.05, 0) is 80.0 Å². The van der Waals surface area contributed by atoms with E-state index in [0.29, 0.717) is 18.4 Å². The van der Waals surface area contributed by atoms with Crippen molar-refractivity contribution >= 4 is 5.91 Å². The largest absolute Gasteiger partial charge is 0.784 e. The van der Waals surface area contributed by atoms with Gasteiger partial charge in [0.05, 0.1) is 28.9 Å². The van der Waals surface area contributed by atoms with E-state index in [-0.39, 0.29) is 29.1 Å². The van der Waals surface area contributed by atoms with Crippen molar-refractivity contribution in [3.05, 3.63) is 75.2 Å². The minimum absolute atomic E-state index is 0.157. The topological polar surface area (TPSA) is 91.7 Å². The lowest BCUT2D eigenvalue weighted by Gasteiger charge is -2.38. The Kier molecular flexibility index (Phi) is 8.15. The maximum atomic E-state index is 15.2. The van der Waals surface area contributed by atoms with Gasteiger partial charge in [-0.3, -0.25) is 9.63 Å². The molecule has 11 heteroatoms. The van der Waals surface area contributed by atoms with Crippen LogP contribution in [0.25, 0.3) is 0 Å². The van der Waals surface area contributed by atoms with Crippen LogP contribution < -0.4 is 5.48 Å². The number of alkyl halides is 3. The summed E-state index contributed by atoms with van der Waals surface area (Å²) in [4.78, 5) is 20.3. The molecule has 5 rings (SSSR count). The van der Waals surface area contributed by atoms with E-state index in [1.54, 1.807) is 6.07 Å². The monoisotopic (exact) mass is 559 g/mol. The Morgan fingerprint density at radius 2 is 1.62 bits per heavy atom. The molecule has 4 atom stereocenters. The summed E-state index contributed by atoms with van der Waals surface area (Å²) in [5, 5.41) is 23.7. The highest BCUT2D eigenvalue weighted by molar-refractivity contribution is 5.93. The lowest BCUT2D eigenvalue weighted by Crippen LogP contribution is -2.38. The molecule has 2 aliphatic heterocycles. The molecule has 4 unspecified atom stereocenters. The molecule has 2 heterocycles. The lowest BCUT2D eigenvalue weighted by molar-refractivity contribution is -0.137. The Morgan fingerprint density at radius 1 is 1.02 bits per heavy atom. The first-order chi connectivity index (χ1) is 19.1. The van der Waals surface area contributed by atoms with Gasteiger partial charge in [0.25, 0.3) is 5.91 Å². The third-order valence-corrected chi connectivity index (χ3v) is 8.61. The third-order valence-electron chi connectivity index (χ3n) is 8.61. The molecule has 214 valence electrons. The van der Waals surface area contributed by atoms with Crippen LogP contribution in [0.3, 0.4) is 0 Å². The van der Waals surface area contributed by atoms with Crippen molar-refractivity contribution in [2.45, 2.75) is 62.9 Å². The van der Waals surface area contributed by atoms with E-state index in [1.165, 1.54) is 24.3 Å². The molecule has 0 spiro atoms. The maximum absolute atomic E-state index is 15.2. The van der Waals surface area contributed by atoms with Crippen molar-refractivity contribution in [3.63, 3.8) is 0 Å². The molecule has 1 N–H and O–H groups in total. The molecular weight excluding hydrogens is 528 g/mol. The molecule has 7 nitrogen and oxygen atoms in total. The average molecular weight is 560 g/mol. The molecule has 2 saturated heterocycles. The molecule has 3 fully saturated rings. The average Bonchev–Trinajstić information content (AvgIpc) is 3.23. The van der Waals surface area contributed by atoms with Crippen molar-refractivity contribution in [3.8, 4) is 6.07 Å². The number of likely N-dealkylation sites (tertiary alicyclic amines) is 1. The van der Waals surface area contributed by atoms with E-state index in [0.717, 1.165) is 56.0 Å². The number of carbonyl (C=O) groups excluding carboxylic acids is 1. The Balaban J connectivity index is 1.38. The quantitative estimate of drug-likeness (QED) is 0.364. The molecule has 2 aromatic rings. The minimum atomic E-state index is -4.74. The van der Waals surface area contributed by atoms with Crippen molar-refractivity contribution in [2.24, 2.45) is 11.8 Å². The second kappa shape index (κ2) is 11.4. The summed E-state index contributed by atoms with van der Waals surface area (Å²) in [7, 11) is 2.00. The first-order valence-corrected chi connectivity index (χ1v) is 13.6. The summed E-state index contributed by atoms with van der Waals surface area (Å²) < 4.78 is 56.2. The van der Waals surface area contributed by atoms with E-state index in [1.807, 2.05) is 7.05 Å². The van der Waals surface area contributed by atoms with Gasteiger partial charge in [0.15, 0.2) is 0 Å². The summed E-state index contributed by atoms with van der Waals surface area (Å²) in [6, 6.07) is 7.39.